The summed E-state index contributed by atoms with van der Waals surface area (Å²) < 4.78 is 18.1. The Kier molecular flexibility index (Phi) is 3.32. The first-order chi connectivity index (χ1) is 8.15. The number of hydrogen-bond acceptors (Lipinski definition) is 3. The lowest BCUT2D eigenvalue weighted by Crippen LogP contribution is -1.95. The Labute approximate surface area is 99.3 Å². The second-order valence-electron chi connectivity index (χ2n) is 3.99. The standard InChI is InChI=1S/C13H13FN2O/c1-9(2)12-7-16-13(8-15-12)17-11-5-3-10(14)4-6-11/h3-9H,1-2H3. The summed E-state index contributed by atoms with van der Waals surface area (Å²) in [6.45, 7) is 4.09. The van der Waals surface area contributed by atoms with Gasteiger partial charge < -0.3 is 4.74 Å². The smallest absolute Gasteiger partial charge is 0.237 e. The van der Waals surface area contributed by atoms with Gasteiger partial charge in [0.25, 0.3) is 0 Å². The van der Waals surface area contributed by atoms with E-state index in [2.05, 4.69) is 9.97 Å². The molecule has 0 aliphatic carbocycles. The maximum atomic E-state index is 12.7. The average molecular weight is 232 g/mol. The molecule has 17 heavy (non-hydrogen) atoms. The van der Waals surface area contributed by atoms with Gasteiger partial charge in [0.15, 0.2) is 0 Å². The molecule has 0 amide bonds. The van der Waals surface area contributed by atoms with Crippen molar-refractivity contribution >= 4 is 0 Å². The van der Waals surface area contributed by atoms with E-state index < -0.39 is 0 Å². The Morgan fingerprint density at radius 1 is 1.06 bits per heavy atom. The molecule has 0 bridgehead atoms. The molecule has 0 radical (unpaired) electrons. The molecule has 1 aromatic heterocycles. The predicted octanol–water partition coefficient (Wildman–Crippen LogP) is 3.53. The van der Waals surface area contributed by atoms with Gasteiger partial charge in [-0.2, -0.15) is 0 Å². The van der Waals surface area contributed by atoms with Crippen LogP contribution >= 0.6 is 0 Å². The zero-order valence-electron chi connectivity index (χ0n) is 9.72. The molecule has 0 spiro atoms. The second-order valence-corrected chi connectivity index (χ2v) is 3.99. The first-order valence-corrected chi connectivity index (χ1v) is 5.40. The first-order valence-electron chi connectivity index (χ1n) is 5.40. The Hall–Kier alpha value is -1.97. The molecule has 2 aromatic rings. The summed E-state index contributed by atoms with van der Waals surface area (Å²) in [5.41, 5.74) is 0.913. The third-order valence-corrected chi connectivity index (χ3v) is 2.28. The molecule has 88 valence electrons. The minimum Gasteiger partial charge on any atom is -0.438 e. The lowest BCUT2D eigenvalue weighted by Gasteiger charge is -2.06. The van der Waals surface area contributed by atoms with Gasteiger partial charge in [0.2, 0.25) is 5.88 Å². The van der Waals surface area contributed by atoms with Crippen LogP contribution in [0.4, 0.5) is 4.39 Å². The molecule has 0 aliphatic rings. The maximum Gasteiger partial charge on any atom is 0.237 e. The van der Waals surface area contributed by atoms with E-state index in [9.17, 15) is 4.39 Å². The van der Waals surface area contributed by atoms with Crippen LogP contribution in [0.2, 0.25) is 0 Å². The van der Waals surface area contributed by atoms with Gasteiger partial charge in [-0.1, -0.05) is 13.8 Å². The topological polar surface area (TPSA) is 35.0 Å². The Morgan fingerprint density at radius 3 is 2.29 bits per heavy atom. The molecule has 0 saturated carbocycles. The molecular weight excluding hydrogens is 219 g/mol. The van der Waals surface area contributed by atoms with Crippen LogP contribution < -0.4 is 4.74 Å². The number of aromatic nitrogens is 2. The molecule has 0 atom stereocenters. The summed E-state index contributed by atoms with van der Waals surface area (Å²) in [5.74, 6) is 0.986. The molecule has 3 nitrogen and oxygen atoms in total. The van der Waals surface area contributed by atoms with Crippen molar-refractivity contribution in [1.82, 2.24) is 9.97 Å². The van der Waals surface area contributed by atoms with Crippen molar-refractivity contribution in [1.29, 1.82) is 0 Å². The zero-order chi connectivity index (χ0) is 12.3. The molecule has 0 unspecified atom stereocenters. The summed E-state index contributed by atoms with van der Waals surface area (Å²) in [6, 6.07) is 5.78. The summed E-state index contributed by atoms with van der Waals surface area (Å²) in [4.78, 5) is 8.37. The third-order valence-electron chi connectivity index (χ3n) is 2.28. The average Bonchev–Trinajstić information content (AvgIpc) is 2.33. The quantitative estimate of drug-likeness (QED) is 0.812. The number of rotatable bonds is 3. The van der Waals surface area contributed by atoms with Crippen molar-refractivity contribution in [2.75, 3.05) is 0 Å². The van der Waals surface area contributed by atoms with Crippen molar-refractivity contribution in [3.05, 3.63) is 48.2 Å². The lowest BCUT2D eigenvalue weighted by molar-refractivity contribution is 0.457. The molecule has 0 fully saturated rings. The van der Waals surface area contributed by atoms with E-state index in [1.54, 1.807) is 24.5 Å². The van der Waals surface area contributed by atoms with E-state index in [4.69, 9.17) is 4.74 Å². The molecular formula is C13H13FN2O. The van der Waals surface area contributed by atoms with Crippen molar-refractivity contribution in [2.24, 2.45) is 0 Å². The summed E-state index contributed by atoms with van der Waals surface area (Å²) in [5, 5.41) is 0. The molecule has 1 heterocycles. The fourth-order valence-electron chi connectivity index (χ4n) is 1.30. The fraction of sp³-hybridized carbons (Fsp3) is 0.231. The van der Waals surface area contributed by atoms with Crippen LogP contribution in [-0.4, -0.2) is 9.97 Å². The highest BCUT2D eigenvalue weighted by Crippen LogP contribution is 2.19. The summed E-state index contributed by atoms with van der Waals surface area (Å²) >= 11 is 0. The first kappa shape index (κ1) is 11.5. The van der Waals surface area contributed by atoms with Crippen molar-refractivity contribution in [3.63, 3.8) is 0 Å². The van der Waals surface area contributed by atoms with Crippen molar-refractivity contribution in [3.8, 4) is 11.6 Å². The Morgan fingerprint density at radius 2 is 1.76 bits per heavy atom. The summed E-state index contributed by atoms with van der Waals surface area (Å²) in [7, 11) is 0. The van der Waals surface area contributed by atoms with Gasteiger partial charge in [0.05, 0.1) is 18.1 Å². The number of hydrogen-bond donors (Lipinski definition) is 0. The van der Waals surface area contributed by atoms with Crippen molar-refractivity contribution < 1.29 is 9.13 Å². The minimum atomic E-state index is -0.293. The Bertz CT molecular complexity index is 480. The number of halogens is 1. The highest BCUT2D eigenvalue weighted by molar-refractivity contribution is 5.26. The lowest BCUT2D eigenvalue weighted by atomic mass is 10.1. The molecule has 4 heteroatoms. The van der Waals surface area contributed by atoms with Crippen LogP contribution in [0.1, 0.15) is 25.5 Å². The molecule has 0 aliphatic heterocycles. The van der Waals surface area contributed by atoms with E-state index in [0.717, 1.165) is 5.69 Å². The third kappa shape index (κ3) is 3.00. The highest BCUT2D eigenvalue weighted by Gasteiger charge is 2.03. The van der Waals surface area contributed by atoms with E-state index in [1.807, 2.05) is 13.8 Å². The van der Waals surface area contributed by atoms with Gasteiger partial charge in [-0.15, -0.1) is 0 Å². The molecule has 0 saturated heterocycles. The maximum absolute atomic E-state index is 12.7. The highest BCUT2D eigenvalue weighted by atomic mass is 19.1. The van der Waals surface area contributed by atoms with Crippen LogP contribution in [-0.2, 0) is 0 Å². The van der Waals surface area contributed by atoms with Gasteiger partial charge in [-0.05, 0) is 30.2 Å². The van der Waals surface area contributed by atoms with E-state index >= 15 is 0 Å². The second kappa shape index (κ2) is 4.91. The largest absolute Gasteiger partial charge is 0.438 e. The van der Waals surface area contributed by atoms with Crippen LogP contribution in [0.3, 0.4) is 0 Å². The van der Waals surface area contributed by atoms with Crippen molar-refractivity contribution in [2.45, 2.75) is 19.8 Å². The molecule has 1 aromatic carbocycles. The fourth-order valence-corrected chi connectivity index (χ4v) is 1.30. The van der Waals surface area contributed by atoms with Crippen LogP contribution in [0.15, 0.2) is 36.7 Å². The number of nitrogens with zero attached hydrogens (tertiary/aromatic N) is 2. The van der Waals surface area contributed by atoms with Gasteiger partial charge >= 0.3 is 0 Å². The van der Waals surface area contributed by atoms with Gasteiger partial charge in [0, 0.05) is 0 Å². The zero-order valence-corrected chi connectivity index (χ0v) is 9.72. The Balaban J connectivity index is 2.11. The monoisotopic (exact) mass is 232 g/mol. The van der Waals surface area contributed by atoms with Crippen LogP contribution in [0.25, 0.3) is 0 Å². The van der Waals surface area contributed by atoms with Crippen LogP contribution in [0.5, 0.6) is 11.6 Å². The van der Waals surface area contributed by atoms with E-state index in [-0.39, 0.29) is 5.82 Å². The van der Waals surface area contributed by atoms with Gasteiger partial charge in [-0.25, -0.2) is 9.37 Å². The minimum absolute atomic E-state index is 0.293. The molecule has 0 N–H and O–H groups in total. The van der Waals surface area contributed by atoms with Gasteiger partial charge in [-0.3, -0.25) is 4.98 Å². The predicted molar refractivity (Wildman–Crippen MR) is 62.6 cm³/mol. The number of benzene rings is 1. The molecule has 2 rings (SSSR count). The van der Waals surface area contributed by atoms with E-state index in [1.165, 1.54) is 12.1 Å². The normalized spacial score (nSPS) is 10.6. The SMILES string of the molecule is CC(C)c1cnc(Oc2ccc(F)cc2)cn1. The summed E-state index contributed by atoms with van der Waals surface area (Å²) in [6.07, 6.45) is 3.25. The van der Waals surface area contributed by atoms with E-state index in [0.29, 0.717) is 17.5 Å². The van der Waals surface area contributed by atoms with Crippen LogP contribution in [0, 0.1) is 5.82 Å². The number of ether oxygens (including phenoxy) is 1. The van der Waals surface area contributed by atoms with Gasteiger partial charge in [0.1, 0.15) is 11.6 Å².